The van der Waals surface area contributed by atoms with Crippen molar-refractivity contribution in [3.63, 3.8) is 0 Å². The zero-order chi connectivity index (χ0) is 39.1. The average Bonchev–Trinajstić information content (AvgIpc) is 3.70. The van der Waals surface area contributed by atoms with E-state index in [1.54, 1.807) is 0 Å². The highest BCUT2D eigenvalue weighted by Crippen LogP contribution is 2.41. The Bertz CT molecular complexity index is 3220. The summed E-state index contributed by atoms with van der Waals surface area (Å²) in [6.45, 7) is 0. The lowest BCUT2D eigenvalue weighted by Gasteiger charge is -2.10. The molecule has 0 saturated carbocycles. The van der Waals surface area contributed by atoms with E-state index in [-0.39, 0.29) is 0 Å². The van der Waals surface area contributed by atoms with Crippen molar-refractivity contribution < 1.29 is 4.42 Å². The molecule has 11 aromatic rings. The van der Waals surface area contributed by atoms with E-state index in [2.05, 4.69) is 182 Å². The molecular weight excluding hydrogens is 717 g/mol. The van der Waals surface area contributed by atoms with Crippen LogP contribution in [0.25, 0.3) is 111 Å². The highest BCUT2D eigenvalue weighted by molar-refractivity contribution is 6.19. The number of furan rings is 1. The van der Waals surface area contributed by atoms with Crippen molar-refractivity contribution in [2.75, 3.05) is 0 Å². The van der Waals surface area contributed by atoms with Crippen LogP contribution in [0.5, 0.6) is 0 Å². The van der Waals surface area contributed by atoms with Crippen LogP contribution < -0.4 is 0 Å². The quantitative estimate of drug-likeness (QED) is 0.163. The summed E-state index contributed by atoms with van der Waals surface area (Å²) in [6.07, 6.45) is 0. The Morgan fingerprint density at radius 3 is 1.39 bits per heavy atom. The lowest BCUT2D eigenvalue weighted by molar-refractivity contribution is 0.673. The minimum Gasteiger partial charge on any atom is -0.455 e. The second-order valence-electron chi connectivity index (χ2n) is 15.0. The maximum Gasteiger partial charge on any atom is 0.160 e. The van der Waals surface area contributed by atoms with Gasteiger partial charge in [0.05, 0.1) is 11.4 Å². The van der Waals surface area contributed by atoms with Gasteiger partial charge in [0.25, 0.3) is 0 Å². The van der Waals surface area contributed by atoms with Gasteiger partial charge in [0.1, 0.15) is 11.2 Å². The Morgan fingerprint density at radius 1 is 0.271 bits per heavy atom. The monoisotopic (exact) mass is 752 g/mol. The summed E-state index contributed by atoms with van der Waals surface area (Å²) in [4.78, 5) is 9.96. The smallest absolute Gasteiger partial charge is 0.160 e. The molecule has 0 bridgehead atoms. The fourth-order valence-electron chi connectivity index (χ4n) is 8.27. The summed E-state index contributed by atoms with van der Waals surface area (Å²) in [5, 5.41) is 4.53. The van der Waals surface area contributed by atoms with Crippen molar-refractivity contribution >= 4 is 32.7 Å². The van der Waals surface area contributed by atoms with Gasteiger partial charge in [-0.15, -0.1) is 0 Å². The zero-order valence-electron chi connectivity index (χ0n) is 32.1. The van der Waals surface area contributed by atoms with E-state index in [0.717, 1.165) is 77.7 Å². The van der Waals surface area contributed by atoms with Crippen LogP contribution in [0.2, 0.25) is 0 Å². The average molecular weight is 753 g/mol. The van der Waals surface area contributed by atoms with Gasteiger partial charge in [-0.25, -0.2) is 9.97 Å². The van der Waals surface area contributed by atoms with Gasteiger partial charge in [0.15, 0.2) is 5.82 Å². The van der Waals surface area contributed by atoms with Crippen LogP contribution in [0.15, 0.2) is 223 Å². The number of hydrogen-bond donors (Lipinski definition) is 0. The third-order valence-corrected chi connectivity index (χ3v) is 11.3. The summed E-state index contributed by atoms with van der Waals surface area (Å²) in [5.74, 6) is 0.713. The van der Waals surface area contributed by atoms with E-state index in [1.807, 2.05) is 36.4 Å². The first-order valence-corrected chi connectivity index (χ1v) is 20.0. The lowest BCUT2D eigenvalue weighted by atomic mass is 9.93. The molecule has 2 heterocycles. The highest BCUT2D eigenvalue weighted by Gasteiger charge is 2.17. The molecule has 0 aliphatic rings. The molecule has 0 N–H and O–H groups in total. The number of nitrogens with zero attached hydrogens (tertiary/aromatic N) is 2. The van der Waals surface area contributed by atoms with Crippen molar-refractivity contribution in [1.82, 2.24) is 9.97 Å². The van der Waals surface area contributed by atoms with E-state index >= 15 is 0 Å². The lowest BCUT2D eigenvalue weighted by Crippen LogP contribution is -1.95. The molecule has 0 atom stereocenters. The summed E-state index contributed by atoms with van der Waals surface area (Å²) < 4.78 is 6.71. The zero-order valence-corrected chi connectivity index (χ0v) is 32.1. The topological polar surface area (TPSA) is 38.9 Å². The van der Waals surface area contributed by atoms with Crippen LogP contribution in [-0.2, 0) is 0 Å². The summed E-state index contributed by atoms with van der Waals surface area (Å²) in [5.41, 5.74) is 16.0. The molecule has 2 aromatic heterocycles. The van der Waals surface area contributed by atoms with Crippen molar-refractivity contribution in [3.05, 3.63) is 218 Å². The first-order chi connectivity index (χ1) is 29.2. The molecule has 0 fully saturated rings. The molecule has 276 valence electrons. The highest BCUT2D eigenvalue weighted by atomic mass is 16.3. The SMILES string of the molecule is c1ccc(-c2cccc(-c3cc4c5ccc(-c6ccc(-c7ccc(-c8cc(-c9ccccc9)nc(-c9ccccc9)n8)cc7)cc6)cc5oc4c4ccccc34)c2)cc1. The Kier molecular flexibility index (Phi) is 8.49. The number of benzene rings is 9. The van der Waals surface area contributed by atoms with Crippen LogP contribution in [0.1, 0.15) is 0 Å². The fourth-order valence-corrected chi connectivity index (χ4v) is 8.27. The van der Waals surface area contributed by atoms with E-state index in [9.17, 15) is 0 Å². The molecule has 11 rings (SSSR count). The molecule has 9 aromatic carbocycles. The Morgan fingerprint density at radius 2 is 0.729 bits per heavy atom. The van der Waals surface area contributed by atoms with Crippen molar-refractivity contribution in [2.24, 2.45) is 0 Å². The molecule has 0 unspecified atom stereocenters. The number of hydrogen-bond acceptors (Lipinski definition) is 3. The standard InChI is InChI=1S/C56H36N2O/c1-4-13-37(14-5-1)44-19-12-20-46(33-44)50-35-51-48-32-31-45(34-54(48)59-55(51)49-22-11-10-21-47(49)50)40-25-23-38(24-26-40)39-27-29-42(30-28-39)53-36-52(41-15-6-2-7-16-41)57-56(58-53)43-17-8-3-9-18-43/h1-36H. The second-order valence-corrected chi connectivity index (χ2v) is 15.0. The third kappa shape index (κ3) is 6.45. The maximum absolute atomic E-state index is 6.71. The van der Waals surface area contributed by atoms with Crippen molar-refractivity contribution in [3.8, 4) is 78.4 Å². The predicted octanol–water partition coefficient (Wildman–Crippen LogP) is 15.2. The normalized spacial score (nSPS) is 11.4. The number of rotatable bonds is 7. The molecule has 0 aliphatic heterocycles. The molecular formula is C56H36N2O. The van der Waals surface area contributed by atoms with Gasteiger partial charge in [-0.2, -0.15) is 0 Å². The molecule has 0 amide bonds. The molecule has 0 saturated heterocycles. The van der Waals surface area contributed by atoms with Crippen molar-refractivity contribution in [1.29, 1.82) is 0 Å². The Balaban J connectivity index is 0.903. The number of aromatic nitrogens is 2. The van der Waals surface area contributed by atoms with E-state index in [1.165, 1.54) is 27.6 Å². The molecule has 0 radical (unpaired) electrons. The summed E-state index contributed by atoms with van der Waals surface area (Å²) >= 11 is 0. The predicted molar refractivity (Wildman–Crippen MR) is 245 cm³/mol. The Labute approximate surface area is 342 Å². The van der Waals surface area contributed by atoms with Gasteiger partial charge < -0.3 is 4.42 Å². The third-order valence-electron chi connectivity index (χ3n) is 11.3. The first-order valence-electron chi connectivity index (χ1n) is 20.0. The van der Waals surface area contributed by atoms with Gasteiger partial charge in [-0.1, -0.05) is 188 Å². The van der Waals surface area contributed by atoms with Crippen LogP contribution in [0.3, 0.4) is 0 Å². The molecule has 0 spiro atoms. The van der Waals surface area contributed by atoms with Gasteiger partial charge in [-0.05, 0) is 80.2 Å². The molecule has 0 aliphatic carbocycles. The van der Waals surface area contributed by atoms with Gasteiger partial charge >= 0.3 is 0 Å². The fraction of sp³-hybridized carbons (Fsp3) is 0. The summed E-state index contributed by atoms with van der Waals surface area (Å²) in [6, 6.07) is 76.9. The number of fused-ring (bicyclic) bond motifs is 5. The van der Waals surface area contributed by atoms with E-state index in [4.69, 9.17) is 14.4 Å². The van der Waals surface area contributed by atoms with Gasteiger partial charge in [-0.3, -0.25) is 0 Å². The van der Waals surface area contributed by atoms with Crippen LogP contribution in [-0.4, -0.2) is 9.97 Å². The minimum atomic E-state index is 0.713. The van der Waals surface area contributed by atoms with Gasteiger partial charge in [0.2, 0.25) is 0 Å². The van der Waals surface area contributed by atoms with Crippen LogP contribution in [0.4, 0.5) is 0 Å². The molecule has 3 heteroatoms. The molecule has 59 heavy (non-hydrogen) atoms. The summed E-state index contributed by atoms with van der Waals surface area (Å²) in [7, 11) is 0. The van der Waals surface area contributed by atoms with E-state index < -0.39 is 0 Å². The largest absolute Gasteiger partial charge is 0.455 e. The van der Waals surface area contributed by atoms with Crippen molar-refractivity contribution in [2.45, 2.75) is 0 Å². The maximum atomic E-state index is 6.71. The Hall–Kier alpha value is -7.88. The molecule has 3 nitrogen and oxygen atoms in total. The van der Waals surface area contributed by atoms with Crippen LogP contribution >= 0.6 is 0 Å². The van der Waals surface area contributed by atoms with E-state index in [0.29, 0.717) is 5.82 Å². The minimum absolute atomic E-state index is 0.713. The first kappa shape index (κ1) is 34.4. The second kappa shape index (κ2) is 14.6. The van der Waals surface area contributed by atoms with Gasteiger partial charge in [0, 0.05) is 32.8 Å². The van der Waals surface area contributed by atoms with Crippen LogP contribution in [0, 0.1) is 0 Å².